The molecule has 3 nitrogen and oxygen atoms in total. The molecule has 0 unspecified atom stereocenters. The van der Waals surface area contributed by atoms with Gasteiger partial charge in [0.05, 0.1) is 11.3 Å². The summed E-state index contributed by atoms with van der Waals surface area (Å²) in [6.45, 7) is 4.37. The number of nitriles is 1. The van der Waals surface area contributed by atoms with Gasteiger partial charge in [-0.3, -0.25) is 0 Å². The molecule has 1 aliphatic rings. The Labute approximate surface area is 110 Å². The van der Waals surface area contributed by atoms with Crippen LogP contribution in [0, 0.1) is 18.3 Å². The molecule has 0 atom stereocenters. The molecule has 0 radical (unpaired) electrons. The van der Waals surface area contributed by atoms with Gasteiger partial charge in [0.15, 0.2) is 0 Å². The minimum Gasteiger partial charge on any atom is -0.370 e. The van der Waals surface area contributed by atoms with Gasteiger partial charge in [-0.2, -0.15) is 5.26 Å². The lowest BCUT2D eigenvalue weighted by Gasteiger charge is -2.37. The van der Waals surface area contributed by atoms with E-state index in [0.717, 1.165) is 24.3 Å². The number of anilines is 1. The van der Waals surface area contributed by atoms with Gasteiger partial charge in [-0.15, -0.1) is 0 Å². The van der Waals surface area contributed by atoms with E-state index >= 15 is 0 Å². The van der Waals surface area contributed by atoms with Gasteiger partial charge in [0.25, 0.3) is 0 Å². The Morgan fingerprint density at radius 3 is 2.61 bits per heavy atom. The predicted octanol–water partition coefficient (Wildman–Crippen LogP) is 2.40. The van der Waals surface area contributed by atoms with Crippen LogP contribution in [-0.2, 0) is 0 Å². The van der Waals surface area contributed by atoms with Crippen molar-refractivity contribution in [3.63, 3.8) is 0 Å². The summed E-state index contributed by atoms with van der Waals surface area (Å²) >= 11 is 0. The Hall–Kier alpha value is -1.53. The molecule has 2 rings (SSSR count). The number of rotatable bonds is 2. The molecule has 18 heavy (non-hydrogen) atoms. The van der Waals surface area contributed by atoms with Gasteiger partial charge in [0.2, 0.25) is 0 Å². The largest absolute Gasteiger partial charge is 0.370 e. The number of likely N-dealkylation sites (tertiary alicyclic amines) is 1. The molecule has 1 aromatic rings. The number of piperidine rings is 1. The molecule has 0 spiro atoms. The summed E-state index contributed by atoms with van der Waals surface area (Å²) in [6, 6.07) is 8.82. The molecular formula is C15H21N3. The van der Waals surface area contributed by atoms with Crippen molar-refractivity contribution < 1.29 is 0 Å². The number of para-hydroxylation sites is 1. The highest BCUT2D eigenvalue weighted by Crippen LogP contribution is 2.28. The van der Waals surface area contributed by atoms with Crippen LogP contribution < -0.4 is 4.90 Å². The zero-order valence-corrected chi connectivity index (χ0v) is 11.5. The van der Waals surface area contributed by atoms with Crippen LogP contribution >= 0.6 is 0 Å². The summed E-state index contributed by atoms with van der Waals surface area (Å²) in [6.07, 6.45) is 2.35. The highest BCUT2D eigenvalue weighted by atomic mass is 15.2. The molecule has 1 heterocycles. The smallest absolute Gasteiger partial charge is 0.101 e. The first-order valence-corrected chi connectivity index (χ1v) is 6.54. The van der Waals surface area contributed by atoms with E-state index in [4.69, 9.17) is 0 Å². The van der Waals surface area contributed by atoms with Crippen LogP contribution in [0.15, 0.2) is 18.2 Å². The average molecular weight is 243 g/mol. The van der Waals surface area contributed by atoms with Crippen LogP contribution in [0.2, 0.25) is 0 Å². The second kappa shape index (κ2) is 5.41. The van der Waals surface area contributed by atoms with E-state index < -0.39 is 0 Å². The lowest BCUT2D eigenvalue weighted by atomic mass is 10.0. The number of hydrogen-bond acceptors (Lipinski definition) is 3. The minimum absolute atomic E-state index is 0.550. The van der Waals surface area contributed by atoms with Crippen LogP contribution in [0.3, 0.4) is 0 Å². The zero-order chi connectivity index (χ0) is 13.1. The Bertz CT molecular complexity index is 453. The summed E-state index contributed by atoms with van der Waals surface area (Å²) in [5.41, 5.74) is 3.08. The SMILES string of the molecule is Cc1cccc(C#N)c1N(C)C1CCN(C)CC1. The molecule has 1 aliphatic heterocycles. The molecule has 0 bridgehead atoms. The number of aryl methyl sites for hydroxylation is 1. The van der Waals surface area contributed by atoms with E-state index in [0.29, 0.717) is 6.04 Å². The highest BCUT2D eigenvalue weighted by Gasteiger charge is 2.23. The highest BCUT2D eigenvalue weighted by molar-refractivity contribution is 5.64. The summed E-state index contributed by atoms with van der Waals surface area (Å²) in [5.74, 6) is 0. The number of hydrogen-bond donors (Lipinski definition) is 0. The van der Waals surface area contributed by atoms with Crippen LogP contribution in [0.4, 0.5) is 5.69 Å². The normalized spacial score (nSPS) is 17.4. The third-order valence-corrected chi connectivity index (χ3v) is 3.95. The molecule has 0 saturated carbocycles. The molecule has 0 aromatic heterocycles. The maximum absolute atomic E-state index is 9.25. The lowest BCUT2D eigenvalue weighted by molar-refractivity contribution is 0.253. The molecular weight excluding hydrogens is 222 g/mol. The van der Waals surface area contributed by atoms with Gasteiger partial charge >= 0.3 is 0 Å². The standard InChI is InChI=1S/C15H21N3/c1-12-5-4-6-13(11-16)15(12)18(3)14-7-9-17(2)10-8-14/h4-6,14H,7-10H2,1-3H3. The van der Waals surface area contributed by atoms with Gasteiger partial charge < -0.3 is 9.80 Å². The molecule has 0 aliphatic carbocycles. The Morgan fingerprint density at radius 2 is 2.00 bits per heavy atom. The predicted molar refractivity (Wildman–Crippen MR) is 74.8 cm³/mol. The molecule has 1 fully saturated rings. The van der Waals surface area contributed by atoms with Gasteiger partial charge in [0.1, 0.15) is 6.07 Å². The molecule has 1 aromatic carbocycles. The molecule has 0 amide bonds. The summed E-state index contributed by atoms with van der Waals surface area (Å²) in [5, 5.41) is 9.25. The minimum atomic E-state index is 0.550. The van der Waals surface area contributed by atoms with Crippen molar-refractivity contribution >= 4 is 5.69 Å². The van der Waals surface area contributed by atoms with E-state index in [1.54, 1.807) is 0 Å². The van der Waals surface area contributed by atoms with Gasteiger partial charge in [0, 0.05) is 13.1 Å². The van der Waals surface area contributed by atoms with Crippen molar-refractivity contribution in [3.8, 4) is 6.07 Å². The van der Waals surface area contributed by atoms with Crippen molar-refractivity contribution in [2.75, 3.05) is 32.1 Å². The molecule has 1 saturated heterocycles. The average Bonchev–Trinajstić information content (AvgIpc) is 2.38. The van der Waals surface area contributed by atoms with Crippen molar-refractivity contribution in [2.45, 2.75) is 25.8 Å². The molecule has 0 N–H and O–H groups in total. The first kappa shape index (κ1) is 12.9. The maximum atomic E-state index is 9.25. The van der Waals surface area contributed by atoms with E-state index in [1.165, 1.54) is 18.4 Å². The zero-order valence-electron chi connectivity index (χ0n) is 11.5. The Balaban J connectivity index is 2.23. The first-order valence-electron chi connectivity index (χ1n) is 6.54. The fourth-order valence-electron chi connectivity index (χ4n) is 2.78. The van der Waals surface area contributed by atoms with Crippen LogP contribution in [0.1, 0.15) is 24.0 Å². The number of nitrogens with zero attached hydrogens (tertiary/aromatic N) is 3. The topological polar surface area (TPSA) is 30.3 Å². The monoisotopic (exact) mass is 243 g/mol. The van der Waals surface area contributed by atoms with E-state index in [1.807, 2.05) is 12.1 Å². The lowest BCUT2D eigenvalue weighted by Crippen LogP contribution is -2.42. The van der Waals surface area contributed by atoms with Crippen molar-refractivity contribution in [2.24, 2.45) is 0 Å². The quantitative estimate of drug-likeness (QED) is 0.799. The van der Waals surface area contributed by atoms with Crippen LogP contribution in [0.5, 0.6) is 0 Å². The van der Waals surface area contributed by atoms with Gasteiger partial charge in [-0.1, -0.05) is 12.1 Å². The Kier molecular flexibility index (Phi) is 3.88. The van der Waals surface area contributed by atoms with Crippen LogP contribution in [0.25, 0.3) is 0 Å². The summed E-state index contributed by atoms with van der Waals surface area (Å²) < 4.78 is 0. The summed E-state index contributed by atoms with van der Waals surface area (Å²) in [7, 11) is 4.30. The van der Waals surface area contributed by atoms with Gasteiger partial charge in [-0.05, 0) is 51.5 Å². The first-order chi connectivity index (χ1) is 8.63. The van der Waals surface area contributed by atoms with E-state index in [9.17, 15) is 5.26 Å². The fraction of sp³-hybridized carbons (Fsp3) is 0.533. The number of benzene rings is 1. The molecule has 96 valence electrons. The fourth-order valence-corrected chi connectivity index (χ4v) is 2.78. The third-order valence-electron chi connectivity index (χ3n) is 3.95. The van der Waals surface area contributed by atoms with Crippen LogP contribution in [-0.4, -0.2) is 38.1 Å². The third kappa shape index (κ3) is 2.49. The second-order valence-electron chi connectivity index (χ2n) is 5.23. The molecule has 3 heteroatoms. The van der Waals surface area contributed by atoms with E-state index in [-0.39, 0.29) is 0 Å². The second-order valence-corrected chi connectivity index (χ2v) is 5.23. The van der Waals surface area contributed by atoms with Crippen molar-refractivity contribution in [1.82, 2.24) is 4.90 Å². The van der Waals surface area contributed by atoms with Crippen molar-refractivity contribution in [1.29, 1.82) is 5.26 Å². The van der Waals surface area contributed by atoms with Gasteiger partial charge in [-0.25, -0.2) is 0 Å². The Morgan fingerprint density at radius 1 is 1.33 bits per heavy atom. The summed E-state index contributed by atoms with van der Waals surface area (Å²) in [4.78, 5) is 4.67. The van der Waals surface area contributed by atoms with E-state index in [2.05, 4.69) is 43.0 Å². The van der Waals surface area contributed by atoms with Crippen molar-refractivity contribution in [3.05, 3.63) is 29.3 Å². The maximum Gasteiger partial charge on any atom is 0.101 e.